The van der Waals surface area contributed by atoms with Crippen molar-refractivity contribution in [1.82, 2.24) is 15.2 Å². The second kappa shape index (κ2) is 5.87. The summed E-state index contributed by atoms with van der Waals surface area (Å²) in [5, 5.41) is 15.5. The van der Waals surface area contributed by atoms with Crippen molar-refractivity contribution in [3.63, 3.8) is 0 Å². The number of H-pyrrole nitrogens is 1. The van der Waals surface area contributed by atoms with E-state index in [0.717, 1.165) is 25.9 Å². The fourth-order valence-electron chi connectivity index (χ4n) is 5.52. The summed E-state index contributed by atoms with van der Waals surface area (Å²) < 4.78 is 0. The maximum Gasteiger partial charge on any atom is 0.0699 e. The molecule has 2 heterocycles. The number of benzene rings is 1. The molecule has 0 radical (unpaired) electrons. The second-order valence-corrected chi connectivity index (χ2v) is 8.31. The van der Waals surface area contributed by atoms with E-state index in [1.165, 1.54) is 16.6 Å². The number of para-hydroxylation sites is 1. The van der Waals surface area contributed by atoms with Gasteiger partial charge in [-0.3, -0.25) is 0 Å². The molecule has 1 aromatic heterocycles. The minimum atomic E-state index is -0.232. The number of likely N-dealkylation sites (tertiary alicyclic amines) is 1. The van der Waals surface area contributed by atoms with E-state index >= 15 is 0 Å². The number of aliphatic hydroxyl groups is 1. The summed E-state index contributed by atoms with van der Waals surface area (Å²) in [5.41, 5.74) is 2.68. The van der Waals surface area contributed by atoms with Crippen molar-refractivity contribution in [2.24, 2.45) is 11.3 Å². The zero-order chi connectivity index (χ0) is 16.9. The predicted molar refractivity (Wildman–Crippen MR) is 97.9 cm³/mol. The van der Waals surface area contributed by atoms with E-state index in [2.05, 4.69) is 66.4 Å². The first-order chi connectivity index (χ1) is 11.5. The molecule has 4 rings (SSSR count). The van der Waals surface area contributed by atoms with Crippen molar-refractivity contribution in [3.8, 4) is 0 Å². The lowest BCUT2D eigenvalue weighted by atomic mass is 9.66. The Labute approximate surface area is 144 Å². The quantitative estimate of drug-likeness (QED) is 0.809. The standard InChI is InChI=1S/C20H29N3O/c1-13(2)19-20(12-23(19)3)9-17(18(24)10-20)21-11-15-8-14-6-4-5-7-16(14)22-15/h4-8,13,17-19,21-22,24H,9-12H2,1-3H3/t17-,18-,19?,20?/m1/s1. The van der Waals surface area contributed by atoms with Crippen LogP contribution >= 0.6 is 0 Å². The molecule has 0 bridgehead atoms. The van der Waals surface area contributed by atoms with Crippen LogP contribution in [0.5, 0.6) is 0 Å². The largest absolute Gasteiger partial charge is 0.391 e. The van der Waals surface area contributed by atoms with Crippen molar-refractivity contribution in [2.45, 2.75) is 51.4 Å². The molecular formula is C20H29N3O. The molecule has 4 nitrogen and oxygen atoms in total. The molecule has 0 amide bonds. The Kier molecular flexibility index (Phi) is 3.94. The number of aromatic amines is 1. The molecule has 2 aromatic rings. The van der Waals surface area contributed by atoms with Crippen molar-refractivity contribution in [1.29, 1.82) is 0 Å². The van der Waals surface area contributed by atoms with Crippen molar-refractivity contribution >= 4 is 10.9 Å². The van der Waals surface area contributed by atoms with Crippen LogP contribution in [0.15, 0.2) is 30.3 Å². The Morgan fingerprint density at radius 2 is 2.12 bits per heavy atom. The normalized spacial score (nSPS) is 33.6. The van der Waals surface area contributed by atoms with E-state index in [9.17, 15) is 5.11 Å². The molecule has 2 fully saturated rings. The molecule has 130 valence electrons. The van der Waals surface area contributed by atoms with E-state index in [1.54, 1.807) is 0 Å². The molecule has 4 atom stereocenters. The van der Waals surface area contributed by atoms with Crippen LogP contribution in [-0.2, 0) is 6.54 Å². The molecule has 1 spiro atoms. The van der Waals surface area contributed by atoms with Gasteiger partial charge in [-0.15, -0.1) is 0 Å². The second-order valence-electron chi connectivity index (χ2n) is 8.31. The zero-order valence-electron chi connectivity index (χ0n) is 14.9. The van der Waals surface area contributed by atoms with Gasteiger partial charge in [0.25, 0.3) is 0 Å². The SMILES string of the molecule is CC(C)C1N(C)CC12C[C@@H](O)[C@H](NCc1cc3ccccc3[nH]1)C2. The number of hydrogen-bond acceptors (Lipinski definition) is 3. The van der Waals surface area contributed by atoms with Crippen LogP contribution in [0.3, 0.4) is 0 Å². The molecule has 1 aliphatic heterocycles. The summed E-state index contributed by atoms with van der Waals surface area (Å²) in [5.74, 6) is 0.642. The Balaban J connectivity index is 1.42. The maximum absolute atomic E-state index is 10.6. The van der Waals surface area contributed by atoms with Gasteiger partial charge in [0.15, 0.2) is 0 Å². The highest BCUT2D eigenvalue weighted by Crippen LogP contribution is 2.52. The molecule has 24 heavy (non-hydrogen) atoms. The van der Waals surface area contributed by atoms with Crippen LogP contribution in [0.4, 0.5) is 0 Å². The topological polar surface area (TPSA) is 51.3 Å². The van der Waals surface area contributed by atoms with Crippen LogP contribution in [0.2, 0.25) is 0 Å². The lowest BCUT2D eigenvalue weighted by molar-refractivity contribution is -0.0828. The molecule has 4 heteroatoms. The van der Waals surface area contributed by atoms with Crippen molar-refractivity contribution in [2.75, 3.05) is 13.6 Å². The highest BCUT2D eigenvalue weighted by Gasteiger charge is 2.57. The summed E-state index contributed by atoms with van der Waals surface area (Å²) in [6, 6.07) is 11.4. The van der Waals surface area contributed by atoms with Gasteiger partial charge in [-0.2, -0.15) is 0 Å². The van der Waals surface area contributed by atoms with Crippen LogP contribution in [0.1, 0.15) is 32.4 Å². The summed E-state index contributed by atoms with van der Waals surface area (Å²) in [6.45, 7) is 6.52. The molecule has 3 N–H and O–H groups in total. The summed E-state index contributed by atoms with van der Waals surface area (Å²) >= 11 is 0. The maximum atomic E-state index is 10.6. The first-order valence-electron chi connectivity index (χ1n) is 9.17. The number of hydrogen-bond donors (Lipinski definition) is 3. The third-order valence-corrected chi connectivity index (χ3v) is 6.15. The Morgan fingerprint density at radius 3 is 2.83 bits per heavy atom. The lowest BCUT2D eigenvalue weighted by Gasteiger charge is -2.57. The van der Waals surface area contributed by atoms with Gasteiger partial charge in [0.2, 0.25) is 0 Å². The highest BCUT2D eigenvalue weighted by atomic mass is 16.3. The molecule has 1 aromatic carbocycles. The molecular weight excluding hydrogens is 298 g/mol. The van der Waals surface area contributed by atoms with Gasteiger partial charge in [0, 0.05) is 41.8 Å². The third-order valence-electron chi connectivity index (χ3n) is 6.15. The van der Waals surface area contributed by atoms with E-state index in [4.69, 9.17) is 0 Å². The van der Waals surface area contributed by atoms with Gasteiger partial charge in [-0.1, -0.05) is 32.0 Å². The fraction of sp³-hybridized carbons (Fsp3) is 0.600. The molecule has 2 unspecified atom stereocenters. The van der Waals surface area contributed by atoms with Crippen LogP contribution in [0, 0.1) is 11.3 Å². The highest BCUT2D eigenvalue weighted by molar-refractivity contribution is 5.80. The van der Waals surface area contributed by atoms with E-state index in [0.29, 0.717) is 17.4 Å². The average molecular weight is 327 g/mol. The van der Waals surface area contributed by atoms with E-state index in [-0.39, 0.29) is 12.1 Å². The van der Waals surface area contributed by atoms with Gasteiger partial charge in [-0.05, 0) is 43.3 Å². The fourth-order valence-corrected chi connectivity index (χ4v) is 5.52. The van der Waals surface area contributed by atoms with Crippen molar-refractivity contribution < 1.29 is 5.11 Å². The van der Waals surface area contributed by atoms with Crippen molar-refractivity contribution in [3.05, 3.63) is 36.0 Å². The van der Waals surface area contributed by atoms with Gasteiger partial charge >= 0.3 is 0 Å². The summed E-state index contributed by atoms with van der Waals surface area (Å²) in [4.78, 5) is 5.92. The first-order valence-corrected chi connectivity index (χ1v) is 9.17. The molecule has 1 saturated heterocycles. The first kappa shape index (κ1) is 16.1. The van der Waals surface area contributed by atoms with Crippen LogP contribution in [0.25, 0.3) is 10.9 Å². The summed E-state index contributed by atoms with van der Waals surface area (Å²) in [6.07, 6.45) is 1.79. The predicted octanol–water partition coefficient (Wildman–Crippen LogP) is 2.74. The Morgan fingerprint density at radius 1 is 1.33 bits per heavy atom. The molecule has 1 aliphatic carbocycles. The summed E-state index contributed by atoms with van der Waals surface area (Å²) in [7, 11) is 2.22. The minimum absolute atomic E-state index is 0.200. The molecule has 2 aliphatic rings. The monoisotopic (exact) mass is 327 g/mol. The average Bonchev–Trinajstić information content (AvgIpc) is 3.05. The number of rotatable bonds is 4. The van der Waals surface area contributed by atoms with Gasteiger partial charge < -0.3 is 20.3 Å². The van der Waals surface area contributed by atoms with Gasteiger partial charge in [-0.25, -0.2) is 0 Å². The van der Waals surface area contributed by atoms with Gasteiger partial charge in [0.1, 0.15) is 0 Å². The Hall–Kier alpha value is -1.36. The van der Waals surface area contributed by atoms with E-state index < -0.39 is 0 Å². The number of nitrogens with one attached hydrogen (secondary N) is 2. The number of nitrogens with zero attached hydrogens (tertiary/aromatic N) is 1. The zero-order valence-corrected chi connectivity index (χ0v) is 14.9. The smallest absolute Gasteiger partial charge is 0.0699 e. The number of fused-ring (bicyclic) bond motifs is 1. The third kappa shape index (κ3) is 2.57. The van der Waals surface area contributed by atoms with Gasteiger partial charge in [0.05, 0.1) is 6.10 Å². The number of aliphatic hydroxyl groups excluding tert-OH is 1. The Bertz CT molecular complexity index is 687. The van der Waals surface area contributed by atoms with E-state index in [1.807, 2.05) is 0 Å². The lowest BCUT2D eigenvalue weighted by Crippen LogP contribution is -2.64. The van der Waals surface area contributed by atoms with Crippen LogP contribution < -0.4 is 5.32 Å². The number of aromatic nitrogens is 1. The molecule has 1 saturated carbocycles. The minimum Gasteiger partial charge on any atom is -0.391 e. The van der Waals surface area contributed by atoms with Crippen LogP contribution in [-0.4, -0.2) is 46.8 Å².